The van der Waals surface area contributed by atoms with E-state index in [0.717, 1.165) is 5.56 Å². The summed E-state index contributed by atoms with van der Waals surface area (Å²) in [6.45, 7) is 3.86. The van der Waals surface area contributed by atoms with Gasteiger partial charge in [-0.25, -0.2) is 9.59 Å². The van der Waals surface area contributed by atoms with E-state index in [4.69, 9.17) is 4.42 Å². The van der Waals surface area contributed by atoms with Crippen LogP contribution in [0.1, 0.15) is 39.2 Å². The fraction of sp³-hybridized carbons (Fsp3) is 0.381. The zero-order chi connectivity index (χ0) is 21.0. The van der Waals surface area contributed by atoms with Crippen LogP contribution in [0.4, 0.5) is 4.79 Å². The number of carbonyl (C=O) groups excluding carboxylic acids is 2. The number of piperazine rings is 1. The van der Waals surface area contributed by atoms with E-state index < -0.39 is 5.97 Å². The van der Waals surface area contributed by atoms with Crippen LogP contribution in [0.15, 0.2) is 40.8 Å². The first-order valence-corrected chi connectivity index (χ1v) is 9.60. The predicted octanol–water partition coefficient (Wildman–Crippen LogP) is 2.55. The lowest BCUT2D eigenvalue weighted by atomic mass is 10.2. The molecular formula is C21H25N3O5. The van der Waals surface area contributed by atoms with Gasteiger partial charge >= 0.3 is 12.0 Å². The molecule has 1 aliphatic rings. The van der Waals surface area contributed by atoms with E-state index in [-0.39, 0.29) is 29.0 Å². The number of aryl methyl sites for hydroxylation is 1. The summed E-state index contributed by atoms with van der Waals surface area (Å²) in [7, 11) is 1.76. The zero-order valence-electron chi connectivity index (χ0n) is 16.6. The van der Waals surface area contributed by atoms with E-state index in [9.17, 15) is 19.5 Å². The summed E-state index contributed by atoms with van der Waals surface area (Å²) in [5, 5.41) is 9.22. The molecule has 0 spiro atoms. The summed E-state index contributed by atoms with van der Waals surface area (Å²) in [6, 6.07) is 11.0. The number of rotatable bonds is 5. The molecular weight excluding hydrogens is 374 g/mol. The Morgan fingerprint density at radius 2 is 1.69 bits per heavy atom. The number of furan rings is 1. The highest BCUT2D eigenvalue weighted by Gasteiger charge is 2.29. The Morgan fingerprint density at radius 3 is 2.24 bits per heavy atom. The third-order valence-corrected chi connectivity index (χ3v) is 5.00. The number of carbonyl (C=O) groups is 3. The van der Waals surface area contributed by atoms with Crippen LogP contribution in [-0.4, -0.2) is 70.9 Å². The maximum atomic E-state index is 12.7. The third-order valence-electron chi connectivity index (χ3n) is 5.00. The molecule has 0 unspecified atom stereocenters. The van der Waals surface area contributed by atoms with Crippen LogP contribution < -0.4 is 0 Å². The van der Waals surface area contributed by atoms with E-state index in [1.54, 1.807) is 28.7 Å². The largest absolute Gasteiger partial charge is 0.478 e. The molecule has 8 heteroatoms. The van der Waals surface area contributed by atoms with Gasteiger partial charge in [0.1, 0.15) is 11.3 Å². The van der Waals surface area contributed by atoms with Crippen LogP contribution in [0.2, 0.25) is 0 Å². The Balaban J connectivity index is 1.58. The molecule has 2 heterocycles. The molecule has 1 aromatic heterocycles. The van der Waals surface area contributed by atoms with Crippen molar-refractivity contribution in [3.63, 3.8) is 0 Å². The minimum absolute atomic E-state index is 0.0206. The van der Waals surface area contributed by atoms with Crippen molar-refractivity contribution in [2.45, 2.75) is 19.9 Å². The fourth-order valence-electron chi connectivity index (χ4n) is 3.40. The molecule has 154 valence electrons. The molecule has 1 aromatic carbocycles. The minimum atomic E-state index is -1.11. The highest BCUT2D eigenvalue weighted by atomic mass is 16.4. The lowest BCUT2D eigenvalue weighted by Gasteiger charge is -2.36. The smallest absolute Gasteiger partial charge is 0.339 e. The van der Waals surface area contributed by atoms with E-state index in [1.807, 2.05) is 30.3 Å². The number of hydrogen-bond donors (Lipinski definition) is 1. The fourth-order valence-corrected chi connectivity index (χ4v) is 3.40. The van der Waals surface area contributed by atoms with Crippen LogP contribution >= 0.6 is 0 Å². The van der Waals surface area contributed by atoms with E-state index in [2.05, 4.69) is 0 Å². The van der Waals surface area contributed by atoms with Crippen molar-refractivity contribution in [3.8, 4) is 0 Å². The molecule has 1 aliphatic heterocycles. The topological polar surface area (TPSA) is 94.3 Å². The van der Waals surface area contributed by atoms with E-state index >= 15 is 0 Å². The van der Waals surface area contributed by atoms with Crippen molar-refractivity contribution in [1.82, 2.24) is 14.7 Å². The summed E-state index contributed by atoms with van der Waals surface area (Å²) in [6.07, 6.45) is 0.394. The van der Waals surface area contributed by atoms with Crippen molar-refractivity contribution in [2.75, 3.05) is 33.2 Å². The van der Waals surface area contributed by atoms with Crippen LogP contribution in [-0.2, 0) is 13.0 Å². The molecule has 2 aromatic rings. The van der Waals surface area contributed by atoms with Gasteiger partial charge in [0.2, 0.25) is 0 Å². The van der Waals surface area contributed by atoms with Gasteiger partial charge in [0.15, 0.2) is 5.76 Å². The van der Waals surface area contributed by atoms with Crippen LogP contribution in [0, 0.1) is 0 Å². The predicted molar refractivity (Wildman–Crippen MR) is 106 cm³/mol. The first-order chi connectivity index (χ1) is 13.9. The van der Waals surface area contributed by atoms with Crippen molar-refractivity contribution in [1.29, 1.82) is 0 Å². The van der Waals surface area contributed by atoms with E-state index in [1.165, 1.54) is 6.07 Å². The minimum Gasteiger partial charge on any atom is -0.478 e. The van der Waals surface area contributed by atoms with Crippen LogP contribution in [0.3, 0.4) is 0 Å². The van der Waals surface area contributed by atoms with Gasteiger partial charge in [0.05, 0.1) is 0 Å². The molecule has 0 aliphatic carbocycles. The van der Waals surface area contributed by atoms with Gasteiger partial charge in [0, 0.05) is 52.3 Å². The molecule has 8 nitrogen and oxygen atoms in total. The average Bonchev–Trinajstić information content (AvgIpc) is 3.18. The first-order valence-electron chi connectivity index (χ1n) is 9.60. The Labute approximate surface area is 169 Å². The molecule has 1 fully saturated rings. The first kappa shape index (κ1) is 20.4. The van der Waals surface area contributed by atoms with Crippen molar-refractivity contribution >= 4 is 17.9 Å². The second-order valence-corrected chi connectivity index (χ2v) is 7.01. The SMILES string of the molecule is CCc1oc(C(=O)N2CCN(C(=O)N(C)Cc3ccccc3)CC2)cc1C(=O)O. The van der Waals surface area contributed by atoms with E-state index in [0.29, 0.717) is 39.1 Å². The maximum Gasteiger partial charge on any atom is 0.339 e. The Kier molecular flexibility index (Phi) is 6.21. The van der Waals surface area contributed by atoms with Crippen LogP contribution in [0.5, 0.6) is 0 Å². The lowest BCUT2D eigenvalue weighted by Crippen LogP contribution is -2.53. The van der Waals surface area contributed by atoms with Gasteiger partial charge in [-0.3, -0.25) is 4.79 Å². The molecule has 1 saturated heterocycles. The number of urea groups is 1. The van der Waals surface area contributed by atoms with Gasteiger partial charge in [-0.2, -0.15) is 0 Å². The monoisotopic (exact) mass is 399 g/mol. The van der Waals surface area contributed by atoms with Gasteiger partial charge in [0.25, 0.3) is 5.91 Å². The number of carboxylic acid groups (broad SMARTS) is 1. The second-order valence-electron chi connectivity index (χ2n) is 7.01. The van der Waals surface area contributed by atoms with Crippen molar-refractivity contribution in [3.05, 3.63) is 59.0 Å². The summed E-state index contributed by atoms with van der Waals surface area (Å²) >= 11 is 0. The summed E-state index contributed by atoms with van der Waals surface area (Å²) in [5.41, 5.74) is 1.07. The molecule has 29 heavy (non-hydrogen) atoms. The molecule has 0 radical (unpaired) electrons. The standard InChI is InChI=1S/C21H25N3O5/c1-3-17-16(20(26)27)13-18(29-17)19(25)23-9-11-24(12-10-23)21(28)22(2)14-15-7-5-4-6-8-15/h4-8,13H,3,9-12,14H2,1-2H3,(H,26,27). The van der Waals surface area contributed by atoms with Gasteiger partial charge in [-0.05, 0) is 5.56 Å². The van der Waals surface area contributed by atoms with Gasteiger partial charge in [-0.1, -0.05) is 37.3 Å². The zero-order valence-corrected chi connectivity index (χ0v) is 16.6. The number of nitrogens with zero attached hydrogens (tertiary/aromatic N) is 3. The molecule has 0 saturated carbocycles. The summed E-state index contributed by atoms with van der Waals surface area (Å²) in [5.74, 6) is -1.14. The molecule has 3 rings (SSSR count). The number of aromatic carboxylic acids is 1. The molecule has 0 bridgehead atoms. The number of hydrogen-bond acceptors (Lipinski definition) is 4. The third kappa shape index (κ3) is 4.59. The molecule has 3 amide bonds. The summed E-state index contributed by atoms with van der Waals surface area (Å²) < 4.78 is 5.46. The highest BCUT2D eigenvalue weighted by Crippen LogP contribution is 2.19. The van der Waals surface area contributed by atoms with Gasteiger partial charge in [-0.15, -0.1) is 0 Å². The molecule has 0 atom stereocenters. The van der Waals surface area contributed by atoms with Crippen LogP contribution in [0.25, 0.3) is 0 Å². The normalized spacial score (nSPS) is 14.0. The Bertz CT molecular complexity index is 885. The van der Waals surface area contributed by atoms with Crippen molar-refractivity contribution < 1.29 is 23.9 Å². The van der Waals surface area contributed by atoms with Crippen molar-refractivity contribution in [2.24, 2.45) is 0 Å². The maximum absolute atomic E-state index is 12.7. The molecule has 1 N–H and O–H groups in total. The highest BCUT2D eigenvalue weighted by molar-refractivity contribution is 5.96. The summed E-state index contributed by atoms with van der Waals surface area (Å²) in [4.78, 5) is 41.6. The Morgan fingerprint density at radius 1 is 1.07 bits per heavy atom. The van der Waals surface area contributed by atoms with Gasteiger partial charge < -0.3 is 24.2 Å². The number of amides is 3. The second kappa shape index (κ2) is 8.81. The lowest BCUT2D eigenvalue weighted by molar-refractivity contribution is 0.0612. The quantitative estimate of drug-likeness (QED) is 0.834. The number of benzene rings is 1. The average molecular weight is 399 g/mol. The Hall–Kier alpha value is -3.29. The number of carboxylic acids is 1.